The van der Waals surface area contributed by atoms with Crippen LogP contribution < -0.4 is 0 Å². The van der Waals surface area contributed by atoms with E-state index in [1.54, 1.807) is 17.9 Å². The van der Waals surface area contributed by atoms with Crippen LogP contribution in [0.1, 0.15) is 15.9 Å². The van der Waals surface area contributed by atoms with Crippen molar-refractivity contribution in [2.45, 2.75) is 13.0 Å². The van der Waals surface area contributed by atoms with Gasteiger partial charge in [-0.15, -0.1) is 0 Å². The molecular formula is C13H15BrN2O4. The molecule has 20 heavy (non-hydrogen) atoms. The van der Waals surface area contributed by atoms with Crippen LogP contribution in [0, 0.1) is 17.0 Å². The molecule has 0 N–H and O–H groups in total. The molecule has 1 aliphatic heterocycles. The van der Waals surface area contributed by atoms with E-state index in [-0.39, 0.29) is 17.6 Å². The van der Waals surface area contributed by atoms with Gasteiger partial charge in [0.15, 0.2) is 0 Å². The largest absolute Gasteiger partial charge is 0.377 e. The Morgan fingerprint density at radius 2 is 2.35 bits per heavy atom. The third-order valence-corrected chi connectivity index (χ3v) is 4.08. The van der Waals surface area contributed by atoms with Crippen molar-refractivity contribution in [2.24, 2.45) is 0 Å². The predicted octanol–water partition coefficient (Wildman–Crippen LogP) is 2.14. The first-order chi connectivity index (χ1) is 9.54. The molecule has 1 aromatic rings. The molecule has 6 nitrogen and oxygen atoms in total. The average Bonchev–Trinajstić information content (AvgIpc) is 2.46. The van der Waals surface area contributed by atoms with Crippen molar-refractivity contribution in [3.63, 3.8) is 0 Å². The van der Waals surface area contributed by atoms with E-state index in [0.29, 0.717) is 30.7 Å². The number of hydrogen-bond donors (Lipinski definition) is 0. The maximum absolute atomic E-state index is 12.6. The van der Waals surface area contributed by atoms with Gasteiger partial charge in [0.2, 0.25) is 0 Å². The SMILES string of the molecule is Cc1ccc([N+](=O)[O-])cc1C(=O)N1CCOCC1CBr. The highest BCUT2D eigenvalue weighted by Crippen LogP contribution is 2.21. The summed E-state index contributed by atoms with van der Waals surface area (Å²) in [6, 6.07) is 4.32. The molecule has 1 heterocycles. The lowest BCUT2D eigenvalue weighted by atomic mass is 10.1. The Bertz CT molecular complexity index is 535. The summed E-state index contributed by atoms with van der Waals surface area (Å²) in [4.78, 5) is 24.7. The maximum atomic E-state index is 12.6. The number of carbonyl (C=O) groups is 1. The highest BCUT2D eigenvalue weighted by molar-refractivity contribution is 9.09. The fourth-order valence-corrected chi connectivity index (χ4v) is 2.70. The Morgan fingerprint density at radius 1 is 1.60 bits per heavy atom. The van der Waals surface area contributed by atoms with Gasteiger partial charge in [0.25, 0.3) is 11.6 Å². The molecule has 1 aliphatic rings. The molecule has 0 bridgehead atoms. The monoisotopic (exact) mass is 342 g/mol. The molecule has 0 spiro atoms. The van der Waals surface area contributed by atoms with E-state index >= 15 is 0 Å². The minimum absolute atomic E-state index is 0.0464. The van der Waals surface area contributed by atoms with Crippen molar-refractivity contribution in [1.82, 2.24) is 4.90 Å². The Morgan fingerprint density at radius 3 is 3.00 bits per heavy atom. The van der Waals surface area contributed by atoms with E-state index in [2.05, 4.69) is 15.9 Å². The van der Waals surface area contributed by atoms with E-state index in [9.17, 15) is 14.9 Å². The number of halogens is 1. The van der Waals surface area contributed by atoms with Crippen molar-refractivity contribution in [2.75, 3.05) is 25.1 Å². The molecule has 1 unspecified atom stereocenters. The first kappa shape index (κ1) is 14.9. The van der Waals surface area contributed by atoms with E-state index in [0.717, 1.165) is 5.56 Å². The van der Waals surface area contributed by atoms with Crippen molar-refractivity contribution >= 4 is 27.5 Å². The van der Waals surface area contributed by atoms with Gasteiger partial charge in [-0.05, 0) is 12.5 Å². The summed E-state index contributed by atoms with van der Waals surface area (Å²) in [5, 5.41) is 11.5. The van der Waals surface area contributed by atoms with Gasteiger partial charge in [0, 0.05) is 29.6 Å². The van der Waals surface area contributed by atoms with Gasteiger partial charge in [0.05, 0.1) is 24.2 Å². The van der Waals surface area contributed by atoms with Gasteiger partial charge in [-0.3, -0.25) is 14.9 Å². The molecule has 0 aliphatic carbocycles. The quantitative estimate of drug-likeness (QED) is 0.479. The Balaban J connectivity index is 2.32. The Labute approximate surface area is 125 Å². The lowest BCUT2D eigenvalue weighted by Crippen LogP contribution is -2.49. The number of nitro benzene ring substituents is 1. The van der Waals surface area contributed by atoms with Gasteiger partial charge in [-0.1, -0.05) is 22.0 Å². The van der Waals surface area contributed by atoms with Crippen molar-refractivity contribution < 1.29 is 14.5 Å². The molecule has 2 rings (SSSR count). The topological polar surface area (TPSA) is 72.7 Å². The third kappa shape index (κ3) is 2.99. The molecule has 1 aromatic carbocycles. The van der Waals surface area contributed by atoms with Crippen LogP contribution in [0.25, 0.3) is 0 Å². The molecule has 1 saturated heterocycles. The van der Waals surface area contributed by atoms with Crippen molar-refractivity contribution in [3.8, 4) is 0 Å². The number of non-ortho nitro benzene ring substituents is 1. The van der Waals surface area contributed by atoms with Crippen LogP contribution in [-0.4, -0.2) is 46.9 Å². The van der Waals surface area contributed by atoms with Gasteiger partial charge in [0.1, 0.15) is 0 Å². The number of benzene rings is 1. The summed E-state index contributed by atoms with van der Waals surface area (Å²) in [5.74, 6) is -0.182. The highest BCUT2D eigenvalue weighted by atomic mass is 79.9. The van der Waals surface area contributed by atoms with Crippen molar-refractivity contribution in [3.05, 3.63) is 39.4 Å². The van der Waals surface area contributed by atoms with Crippen LogP contribution >= 0.6 is 15.9 Å². The second-order valence-corrected chi connectivity index (χ2v) is 5.29. The number of rotatable bonds is 3. The first-order valence-electron chi connectivity index (χ1n) is 6.24. The summed E-state index contributed by atoms with van der Waals surface area (Å²) in [5.41, 5.74) is 1.05. The second kappa shape index (κ2) is 6.32. The number of hydrogen-bond acceptors (Lipinski definition) is 4. The number of morpholine rings is 1. The van der Waals surface area contributed by atoms with Crippen LogP contribution in [0.15, 0.2) is 18.2 Å². The van der Waals surface area contributed by atoms with Gasteiger partial charge in [-0.2, -0.15) is 0 Å². The van der Waals surface area contributed by atoms with Gasteiger partial charge in [-0.25, -0.2) is 0 Å². The predicted molar refractivity (Wildman–Crippen MR) is 77.3 cm³/mol. The molecule has 7 heteroatoms. The lowest BCUT2D eigenvalue weighted by molar-refractivity contribution is -0.384. The van der Waals surface area contributed by atoms with Crippen LogP contribution in [0.3, 0.4) is 0 Å². The van der Waals surface area contributed by atoms with E-state index < -0.39 is 4.92 Å². The summed E-state index contributed by atoms with van der Waals surface area (Å²) >= 11 is 3.37. The fourth-order valence-electron chi connectivity index (χ4n) is 2.16. The van der Waals surface area contributed by atoms with E-state index in [1.165, 1.54) is 12.1 Å². The number of amides is 1. The Hall–Kier alpha value is -1.47. The summed E-state index contributed by atoms with van der Waals surface area (Å²) in [6.45, 7) is 3.24. The zero-order valence-electron chi connectivity index (χ0n) is 11.0. The van der Waals surface area contributed by atoms with Crippen LogP contribution in [0.2, 0.25) is 0 Å². The third-order valence-electron chi connectivity index (χ3n) is 3.33. The number of nitro groups is 1. The number of ether oxygens (including phenoxy) is 1. The van der Waals surface area contributed by atoms with E-state index in [1.807, 2.05) is 0 Å². The number of alkyl halides is 1. The van der Waals surface area contributed by atoms with Gasteiger partial charge >= 0.3 is 0 Å². The van der Waals surface area contributed by atoms with Gasteiger partial charge < -0.3 is 9.64 Å². The summed E-state index contributed by atoms with van der Waals surface area (Å²) in [7, 11) is 0. The zero-order valence-corrected chi connectivity index (χ0v) is 12.6. The lowest BCUT2D eigenvalue weighted by Gasteiger charge is -2.34. The maximum Gasteiger partial charge on any atom is 0.270 e. The summed E-state index contributed by atoms with van der Waals surface area (Å²) < 4.78 is 5.35. The standard InChI is InChI=1S/C13H15BrN2O4/c1-9-2-3-10(16(18)19)6-12(9)13(17)15-4-5-20-8-11(15)7-14/h2-3,6,11H,4-5,7-8H2,1H3. The normalized spacial score (nSPS) is 18.9. The molecule has 0 radical (unpaired) electrons. The average molecular weight is 343 g/mol. The number of nitrogens with zero attached hydrogens (tertiary/aromatic N) is 2. The molecular weight excluding hydrogens is 328 g/mol. The minimum atomic E-state index is -0.489. The van der Waals surface area contributed by atoms with E-state index in [4.69, 9.17) is 4.74 Å². The first-order valence-corrected chi connectivity index (χ1v) is 7.36. The number of aryl methyl sites for hydroxylation is 1. The second-order valence-electron chi connectivity index (χ2n) is 4.64. The smallest absolute Gasteiger partial charge is 0.270 e. The highest BCUT2D eigenvalue weighted by Gasteiger charge is 2.28. The molecule has 108 valence electrons. The summed E-state index contributed by atoms with van der Waals surface area (Å²) in [6.07, 6.45) is 0. The zero-order chi connectivity index (χ0) is 14.7. The Kier molecular flexibility index (Phi) is 4.72. The molecule has 1 atom stereocenters. The molecule has 1 amide bonds. The van der Waals surface area contributed by atoms with Crippen LogP contribution in [0.4, 0.5) is 5.69 Å². The molecule has 0 aromatic heterocycles. The molecule has 1 fully saturated rings. The molecule has 0 saturated carbocycles. The van der Waals surface area contributed by atoms with Crippen molar-refractivity contribution in [1.29, 1.82) is 0 Å². The fraction of sp³-hybridized carbons (Fsp3) is 0.462. The number of carbonyl (C=O) groups excluding carboxylic acids is 1. The van der Waals surface area contributed by atoms with Crippen LogP contribution in [0.5, 0.6) is 0 Å². The minimum Gasteiger partial charge on any atom is -0.377 e. The van der Waals surface area contributed by atoms with Crippen LogP contribution in [-0.2, 0) is 4.74 Å².